The minimum Gasteiger partial charge on any atom is -0.480 e. The molecular formula is C12H12N2O3. The molecule has 17 heavy (non-hydrogen) atoms. The van der Waals surface area contributed by atoms with Crippen LogP contribution in [-0.4, -0.2) is 23.0 Å². The van der Waals surface area contributed by atoms with Gasteiger partial charge in [-0.2, -0.15) is 0 Å². The van der Waals surface area contributed by atoms with E-state index >= 15 is 0 Å². The molecule has 0 aliphatic carbocycles. The van der Waals surface area contributed by atoms with Gasteiger partial charge in [-0.15, -0.1) is 12.3 Å². The topological polar surface area (TPSA) is 92.4 Å². The van der Waals surface area contributed by atoms with E-state index in [2.05, 4.69) is 11.2 Å². The van der Waals surface area contributed by atoms with E-state index in [-0.39, 0.29) is 12.0 Å². The zero-order valence-corrected chi connectivity index (χ0v) is 9.01. The minimum atomic E-state index is -1.08. The SMILES string of the molecule is C#CCC(Nc1ccccc1C(N)=O)C(=O)O. The van der Waals surface area contributed by atoms with Crippen LogP contribution in [0.3, 0.4) is 0 Å². The summed E-state index contributed by atoms with van der Waals surface area (Å²) < 4.78 is 0. The molecule has 1 aromatic carbocycles. The molecule has 1 aromatic rings. The van der Waals surface area contributed by atoms with Crippen LogP contribution in [0.4, 0.5) is 5.69 Å². The fourth-order valence-corrected chi connectivity index (χ4v) is 1.33. The fourth-order valence-electron chi connectivity index (χ4n) is 1.33. The second-order valence-electron chi connectivity index (χ2n) is 3.35. The van der Waals surface area contributed by atoms with Gasteiger partial charge in [-0.05, 0) is 12.1 Å². The number of hydrogen-bond acceptors (Lipinski definition) is 3. The second-order valence-corrected chi connectivity index (χ2v) is 3.35. The average Bonchev–Trinajstić information content (AvgIpc) is 2.28. The first-order chi connectivity index (χ1) is 8.06. The Labute approximate surface area is 98.6 Å². The Morgan fingerprint density at radius 2 is 2.12 bits per heavy atom. The van der Waals surface area contributed by atoms with E-state index in [0.717, 1.165) is 0 Å². The van der Waals surface area contributed by atoms with Gasteiger partial charge in [0.2, 0.25) is 0 Å². The summed E-state index contributed by atoms with van der Waals surface area (Å²) in [5.74, 6) is 0.550. The number of anilines is 1. The first-order valence-corrected chi connectivity index (χ1v) is 4.88. The second kappa shape index (κ2) is 5.56. The van der Waals surface area contributed by atoms with Gasteiger partial charge in [0, 0.05) is 12.1 Å². The number of benzene rings is 1. The van der Waals surface area contributed by atoms with Crippen LogP contribution in [0, 0.1) is 12.3 Å². The lowest BCUT2D eigenvalue weighted by Gasteiger charge is -2.15. The predicted octanol–water partition coefficient (Wildman–Crippen LogP) is 0.674. The molecule has 0 fully saturated rings. The molecule has 0 spiro atoms. The molecule has 5 heteroatoms. The largest absolute Gasteiger partial charge is 0.480 e. The van der Waals surface area contributed by atoms with Crippen molar-refractivity contribution in [3.8, 4) is 12.3 Å². The number of nitrogens with two attached hydrogens (primary N) is 1. The molecule has 0 aromatic heterocycles. The highest BCUT2D eigenvalue weighted by Crippen LogP contribution is 2.16. The maximum Gasteiger partial charge on any atom is 0.327 e. The van der Waals surface area contributed by atoms with Crippen LogP contribution < -0.4 is 11.1 Å². The van der Waals surface area contributed by atoms with Crippen molar-refractivity contribution in [3.63, 3.8) is 0 Å². The number of nitrogens with one attached hydrogen (secondary N) is 1. The number of carboxylic acid groups (broad SMARTS) is 1. The summed E-state index contributed by atoms with van der Waals surface area (Å²) in [5.41, 5.74) is 5.77. The fraction of sp³-hybridized carbons (Fsp3) is 0.167. The predicted molar refractivity (Wildman–Crippen MR) is 63.5 cm³/mol. The molecule has 0 bridgehead atoms. The van der Waals surface area contributed by atoms with Crippen molar-refractivity contribution in [2.75, 3.05) is 5.32 Å². The zero-order chi connectivity index (χ0) is 12.8. The summed E-state index contributed by atoms with van der Waals surface area (Å²) in [5, 5.41) is 11.6. The monoisotopic (exact) mass is 232 g/mol. The highest BCUT2D eigenvalue weighted by molar-refractivity contribution is 5.99. The lowest BCUT2D eigenvalue weighted by atomic mass is 10.1. The Hall–Kier alpha value is -2.48. The van der Waals surface area contributed by atoms with Gasteiger partial charge in [-0.1, -0.05) is 12.1 Å². The number of carbonyl (C=O) groups excluding carboxylic acids is 1. The lowest BCUT2D eigenvalue weighted by molar-refractivity contribution is -0.137. The van der Waals surface area contributed by atoms with Gasteiger partial charge < -0.3 is 16.2 Å². The summed E-state index contributed by atoms with van der Waals surface area (Å²) in [6.07, 6.45) is 5.09. The van der Waals surface area contributed by atoms with Crippen molar-refractivity contribution in [1.29, 1.82) is 0 Å². The highest BCUT2D eigenvalue weighted by Gasteiger charge is 2.18. The third-order valence-electron chi connectivity index (χ3n) is 2.14. The smallest absolute Gasteiger partial charge is 0.327 e. The number of primary amides is 1. The van der Waals surface area contributed by atoms with Crippen molar-refractivity contribution in [3.05, 3.63) is 29.8 Å². The van der Waals surface area contributed by atoms with Gasteiger partial charge in [0.25, 0.3) is 5.91 Å². The van der Waals surface area contributed by atoms with Crippen molar-refractivity contribution in [1.82, 2.24) is 0 Å². The third-order valence-corrected chi connectivity index (χ3v) is 2.14. The number of para-hydroxylation sites is 1. The van der Waals surface area contributed by atoms with Gasteiger partial charge in [0.1, 0.15) is 6.04 Å². The molecule has 0 aliphatic heterocycles. The third kappa shape index (κ3) is 3.24. The van der Waals surface area contributed by atoms with Crippen LogP contribution >= 0.6 is 0 Å². The molecule has 0 aliphatic rings. The Morgan fingerprint density at radius 1 is 1.47 bits per heavy atom. The van der Waals surface area contributed by atoms with Crippen LogP contribution in [0.25, 0.3) is 0 Å². The van der Waals surface area contributed by atoms with E-state index < -0.39 is 17.9 Å². The highest BCUT2D eigenvalue weighted by atomic mass is 16.4. The van der Waals surface area contributed by atoms with Crippen LogP contribution in [-0.2, 0) is 4.79 Å². The lowest BCUT2D eigenvalue weighted by Crippen LogP contribution is -2.30. The van der Waals surface area contributed by atoms with Gasteiger partial charge >= 0.3 is 5.97 Å². The Kier molecular flexibility index (Phi) is 4.12. The number of rotatable bonds is 5. The molecule has 0 saturated carbocycles. The molecule has 5 nitrogen and oxygen atoms in total. The molecule has 1 unspecified atom stereocenters. The number of terminal acetylenes is 1. The molecule has 4 N–H and O–H groups in total. The van der Waals surface area contributed by atoms with Crippen LogP contribution in [0.5, 0.6) is 0 Å². The summed E-state index contributed by atoms with van der Waals surface area (Å²) in [6, 6.07) is 5.46. The standard InChI is InChI=1S/C12H12N2O3/c1-2-5-10(12(16)17)14-9-7-4-3-6-8(9)11(13)15/h1,3-4,6-7,10,14H,5H2,(H2,13,15)(H,16,17). The molecule has 88 valence electrons. The minimum absolute atomic E-state index is 0.0163. The van der Waals surface area contributed by atoms with Crippen molar-refractivity contribution < 1.29 is 14.7 Å². The van der Waals surface area contributed by atoms with Crippen LogP contribution in [0.1, 0.15) is 16.8 Å². The van der Waals surface area contributed by atoms with Crippen LogP contribution in [0.2, 0.25) is 0 Å². The molecule has 0 heterocycles. The first kappa shape index (κ1) is 12.6. The average molecular weight is 232 g/mol. The molecule has 1 atom stereocenters. The number of aliphatic carboxylic acids is 1. The number of carbonyl (C=O) groups is 2. The summed E-state index contributed by atoms with van der Waals surface area (Å²) in [6.45, 7) is 0. The molecule has 0 saturated heterocycles. The van der Waals surface area contributed by atoms with E-state index in [1.165, 1.54) is 6.07 Å². The van der Waals surface area contributed by atoms with E-state index in [1.807, 2.05) is 0 Å². The molecular weight excluding hydrogens is 220 g/mol. The molecule has 0 radical (unpaired) electrons. The van der Waals surface area contributed by atoms with Crippen LogP contribution in [0.15, 0.2) is 24.3 Å². The Balaban J connectivity index is 2.97. The van der Waals surface area contributed by atoms with Crippen molar-refractivity contribution >= 4 is 17.6 Å². The maximum atomic E-state index is 11.1. The summed E-state index contributed by atoms with van der Waals surface area (Å²) >= 11 is 0. The molecule has 1 amide bonds. The molecule has 1 rings (SSSR count). The van der Waals surface area contributed by atoms with E-state index in [0.29, 0.717) is 5.69 Å². The Bertz CT molecular complexity index is 477. The van der Waals surface area contributed by atoms with E-state index in [4.69, 9.17) is 17.3 Å². The van der Waals surface area contributed by atoms with Gasteiger partial charge in [0.15, 0.2) is 0 Å². The van der Waals surface area contributed by atoms with Crippen molar-refractivity contribution in [2.24, 2.45) is 5.73 Å². The number of amides is 1. The zero-order valence-electron chi connectivity index (χ0n) is 9.01. The van der Waals surface area contributed by atoms with E-state index in [1.54, 1.807) is 18.2 Å². The van der Waals surface area contributed by atoms with E-state index in [9.17, 15) is 9.59 Å². The van der Waals surface area contributed by atoms with Gasteiger partial charge in [-0.25, -0.2) is 4.79 Å². The quantitative estimate of drug-likeness (QED) is 0.651. The summed E-state index contributed by atoms with van der Waals surface area (Å²) in [4.78, 5) is 22.0. The normalized spacial score (nSPS) is 11.2. The first-order valence-electron chi connectivity index (χ1n) is 4.88. The maximum absolute atomic E-state index is 11.1. The summed E-state index contributed by atoms with van der Waals surface area (Å²) in [7, 11) is 0. The Morgan fingerprint density at radius 3 is 2.65 bits per heavy atom. The number of carboxylic acids is 1. The van der Waals surface area contributed by atoms with Gasteiger partial charge in [-0.3, -0.25) is 4.79 Å². The van der Waals surface area contributed by atoms with Crippen molar-refractivity contribution in [2.45, 2.75) is 12.5 Å². The van der Waals surface area contributed by atoms with Gasteiger partial charge in [0.05, 0.1) is 5.56 Å². The number of hydrogen-bond donors (Lipinski definition) is 3.